The molecular formula is C21H19P. The molecule has 0 nitrogen and oxygen atoms in total. The summed E-state index contributed by atoms with van der Waals surface area (Å²) < 4.78 is 0. The first-order valence-corrected chi connectivity index (χ1v) is 8.86. The first kappa shape index (κ1) is 14.8. The predicted molar refractivity (Wildman–Crippen MR) is 99.9 cm³/mol. The van der Waals surface area contributed by atoms with E-state index in [1.807, 2.05) is 0 Å². The highest BCUT2D eigenvalue weighted by Gasteiger charge is 2.17. The second-order valence-electron chi connectivity index (χ2n) is 5.07. The topological polar surface area (TPSA) is 0 Å². The quantitative estimate of drug-likeness (QED) is 0.623. The van der Waals surface area contributed by atoms with E-state index in [0.717, 1.165) is 0 Å². The average molecular weight is 302 g/mol. The average Bonchev–Trinajstić information content (AvgIpc) is 2.59. The van der Waals surface area contributed by atoms with Gasteiger partial charge in [-0.1, -0.05) is 97.1 Å². The molecule has 22 heavy (non-hydrogen) atoms. The molecule has 0 N–H and O–H groups in total. The zero-order valence-corrected chi connectivity index (χ0v) is 13.6. The van der Waals surface area contributed by atoms with Crippen molar-refractivity contribution in [1.82, 2.24) is 0 Å². The van der Waals surface area contributed by atoms with Gasteiger partial charge in [0.25, 0.3) is 0 Å². The Kier molecular flexibility index (Phi) is 4.83. The van der Waals surface area contributed by atoms with Crippen LogP contribution in [0.25, 0.3) is 6.08 Å². The van der Waals surface area contributed by atoms with Gasteiger partial charge in [0.05, 0.1) is 0 Å². The van der Waals surface area contributed by atoms with Crippen LogP contribution in [0.3, 0.4) is 0 Å². The molecule has 0 fully saturated rings. The summed E-state index contributed by atoms with van der Waals surface area (Å²) in [5.41, 5.74) is 1.31. The molecule has 0 saturated carbocycles. The van der Waals surface area contributed by atoms with Gasteiger partial charge in [-0.2, -0.15) is 0 Å². The van der Waals surface area contributed by atoms with Crippen molar-refractivity contribution in [3.8, 4) is 0 Å². The van der Waals surface area contributed by atoms with Gasteiger partial charge in [-0.05, 0) is 36.3 Å². The first-order chi connectivity index (χ1) is 10.9. The van der Waals surface area contributed by atoms with Gasteiger partial charge in [0.2, 0.25) is 0 Å². The van der Waals surface area contributed by atoms with Crippen LogP contribution >= 0.6 is 7.92 Å². The SMILES string of the molecule is C/C=C/c1ccccc1P(c1ccccc1)c1ccccc1. The molecule has 0 aliphatic rings. The van der Waals surface area contributed by atoms with Crippen LogP contribution in [0.15, 0.2) is 91.0 Å². The number of hydrogen-bond donors (Lipinski definition) is 0. The Morgan fingerprint density at radius 2 is 1.14 bits per heavy atom. The Bertz CT molecular complexity index is 706. The van der Waals surface area contributed by atoms with Gasteiger partial charge in [-0.3, -0.25) is 0 Å². The van der Waals surface area contributed by atoms with E-state index in [4.69, 9.17) is 0 Å². The van der Waals surface area contributed by atoms with Crippen molar-refractivity contribution in [1.29, 1.82) is 0 Å². The standard InChI is InChI=1S/C21H19P/c1-2-11-18-12-9-10-17-21(18)22(19-13-5-3-6-14-19)20-15-7-4-8-16-20/h2-17H,1H3/b11-2+. The van der Waals surface area contributed by atoms with Crippen LogP contribution < -0.4 is 15.9 Å². The van der Waals surface area contributed by atoms with Crippen molar-refractivity contribution in [2.45, 2.75) is 6.92 Å². The molecule has 3 rings (SSSR count). The lowest BCUT2D eigenvalue weighted by atomic mass is 10.2. The number of hydrogen-bond acceptors (Lipinski definition) is 0. The molecule has 0 aliphatic carbocycles. The van der Waals surface area contributed by atoms with E-state index in [1.54, 1.807) is 0 Å². The fourth-order valence-corrected chi connectivity index (χ4v) is 5.03. The lowest BCUT2D eigenvalue weighted by Gasteiger charge is -2.21. The molecular weight excluding hydrogens is 283 g/mol. The monoisotopic (exact) mass is 302 g/mol. The molecule has 0 spiro atoms. The van der Waals surface area contributed by atoms with Crippen molar-refractivity contribution in [3.63, 3.8) is 0 Å². The smallest absolute Gasteiger partial charge is 0.00788 e. The molecule has 0 atom stereocenters. The Morgan fingerprint density at radius 3 is 1.68 bits per heavy atom. The molecule has 3 aromatic rings. The minimum Gasteiger partial charge on any atom is -0.0870 e. The van der Waals surface area contributed by atoms with E-state index < -0.39 is 7.92 Å². The maximum absolute atomic E-state index is 2.26. The van der Waals surface area contributed by atoms with E-state index in [9.17, 15) is 0 Å². The number of rotatable bonds is 4. The van der Waals surface area contributed by atoms with Gasteiger partial charge >= 0.3 is 0 Å². The molecule has 1 heteroatoms. The van der Waals surface area contributed by atoms with Crippen molar-refractivity contribution >= 4 is 29.9 Å². The van der Waals surface area contributed by atoms with Crippen molar-refractivity contribution in [2.24, 2.45) is 0 Å². The molecule has 0 heterocycles. The summed E-state index contributed by atoms with van der Waals surface area (Å²) in [6.45, 7) is 2.07. The summed E-state index contributed by atoms with van der Waals surface area (Å²) in [5.74, 6) is 0. The van der Waals surface area contributed by atoms with Gasteiger partial charge in [0.15, 0.2) is 0 Å². The first-order valence-electron chi connectivity index (χ1n) is 7.52. The van der Waals surface area contributed by atoms with Gasteiger partial charge < -0.3 is 0 Å². The maximum Gasteiger partial charge on any atom is -0.00788 e. The van der Waals surface area contributed by atoms with E-state index in [0.29, 0.717) is 0 Å². The van der Waals surface area contributed by atoms with E-state index >= 15 is 0 Å². The van der Waals surface area contributed by atoms with Crippen LogP contribution in [-0.4, -0.2) is 0 Å². The summed E-state index contributed by atoms with van der Waals surface area (Å²) in [7, 11) is -0.530. The van der Waals surface area contributed by atoms with Crippen LogP contribution in [0.5, 0.6) is 0 Å². The van der Waals surface area contributed by atoms with Crippen LogP contribution in [-0.2, 0) is 0 Å². The molecule has 0 unspecified atom stereocenters. The lowest BCUT2D eigenvalue weighted by molar-refractivity contribution is 1.68. The third kappa shape index (κ3) is 3.18. The van der Waals surface area contributed by atoms with E-state index in [-0.39, 0.29) is 0 Å². The maximum atomic E-state index is 2.26. The molecule has 0 aromatic heterocycles. The van der Waals surface area contributed by atoms with Gasteiger partial charge in [-0.15, -0.1) is 0 Å². The summed E-state index contributed by atoms with van der Waals surface area (Å²) in [6.07, 6.45) is 4.32. The predicted octanol–water partition coefficient (Wildman–Crippen LogP) is 4.48. The fourth-order valence-electron chi connectivity index (χ4n) is 2.59. The van der Waals surface area contributed by atoms with Crippen molar-refractivity contribution in [2.75, 3.05) is 0 Å². The highest BCUT2D eigenvalue weighted by molar-refractivity contribution is 7.80. The van der Waals surface area contributed by atoms with Crippen molar-refractivity contribution < 1.29 is 0 Å². The third-order valence-electron chi connectivity index (χ3n) is 3.55. The van der Waals surface area contributed by atoms with E-state index in [1.165, 1.54) is 21.5 Å². The van der Waals surface area contributed by atoms with E-state index in [2.05, 4.69) is 104 Å². The molecule has 108 valence electrons. The summed E-state index contributed by atoms with van der Waals surface area (Å²) in [5, 5.41) is 4.19. The molecule has 0 aliphatic heterocycles. The Balaban J connectivity index is 2.19. The van der Waals surface area contributed by atoms with Crippen LogP contribution in [0.2, 0.25) is 0 Å². The van der Waals surface area contributed by atoms with Crippen LogP contribution in [0, 0.1) is 0 Å². The molecule has 0 amide bonds. The molecule has 3 aromatic carbocycles. The second-order valence-corrected chi connectivity index (χ2v) is 7.25. The minimum atomic E-state index is -0.530. The summed E-state index contributed by atoms with van der Waals surface area (Å²) >= 11 is 0. The zero-order chi connectivity index (χ0) is 15.2. The Labute approximate surface area is 133 Å². The zero-order valence-electron chi connectivity index (χ0n) is 12.7. The van der Waals surface area contributed by atoms with Crippen LogP contribution in [0.4, 0.5) is 0 Å². The molecule has 0 saturated heterocycles. The minimum absolute atomic E-state index is 0.530. The van der Waals surface area contributed by atoms with Gasteiger partial charge in [0, 0.05) is 0 Å². The van der Waals surface area contributed by atoms with Gasteiger partial charge in [0.1, 0.15) is 0 Å². The Hall–Kier alpha value is -2.17. The number of benzene rings is 3. The number of allylic oxidation sites excluding steroid dienone is 1. The molecule has 0 bridgehead atoms. The normalized spacial score (nSPS) is 11.2. The van der Waals surface area contributed by atoms with Crippen LogP contribution in [0.1, 0.15) is 12.5 Å². The van der Waals surface area contributed by atoms with Crippen molar-refractivity contribution in [3.05, 3.63) is 96.6 Å². The summed E-state index contributed by atoms with van der Waals surface area (Å²) in [4.78, 5) is 0. The Morgan fingerprint density at radius 1 is 0.636 bits per heavy atom. The summed E-state index contributed by atoms with van der Waals surface area (Å²) in [6, 6.07) is 30.4. The second kappa shape index (κ2) is 7.20. The fraction of sp³-hybridized carbons (Fsp3) is 0.0476. The largest absolute Gasteiger partial charge is 0.0870 e. The van der Waals surface area contributed by atoms with Gasteiger partial charge in [-0.25, -0.2) is 0 Å². The lowest BCUT2D eigenvalue weighted by Crippen LogP contribution is -2.22. The highest BCUT2D eigenvalue weighted by Crippen LogP contribution is 2.34. The molecule has 0 radical (unpaired) electrons. The third-order valence-corrected chi connectivity index (χ3v) is 6.07. The highest BCUT2D eigenvalue weighted by atomic mass is 31.1.